The fourth-order valence-corrected chi connectivity index (χ4v) is 3.18. The number of hydrogen-bond acceptors (Lipinski definition) is 4. The second kappa shape index (κ2) is 6.23. The minimum atomic E-state index is -0.0447. The lowest BCUT2D eigenvalue weighted by molar-refractivity contribution is 0.629. The van der Waals surface area contributed by atoms with Crippen molar-refractivity contribution < 1.29 is 0 Å². The van der Waals surface area contributed by atoms with Crippen LogP contribution in [0.2, 0.25) is 0 Å². The number of hydrogen-bond donors (Lipinski definition) is 1. The van der Waals surface area contributed by atoms with Crippen molar-refractivity contribution in [3.05, 3.63) is 54.6 Å². The monoisotopic (exact) mass is 360 g/mol. The van der Waals surface area contributed by atoms with Crippen LogP contribution < -0.4 is 5.32 Å². The van der Waals surface area contributed by atoms with E-state index in [0.29, 0.717) is 0 Å². The number of nitrogens with one attached hydrogen (secondary N) is 1. The van der Waals surface area contributed by atoms with Gasteiger partial charge in [-0.1, -0.05) is 6.07 Å². The van der Waals surface area contributed by atoms with Crippen molar-refractivity contribution in [3.8, 4) is 22.5 Å². The maximum Gasteiger partial charge on any atom is 0.138 e. The number of rotatable bonds is 3. The Kier molecular flexibility index (Phi) is 3.98. The first kappa shape index (κ1) is 17.3. The minimum absolute atomic E-state index is 0.0447. The zero-order valence-electron chi connectivity index (χ0n) is 16.4. The average molecular weight is 360 g/mol. The molecule has 0 aliphatic rings. The lowest BCUT2D eigenvalue weighted by Crippen LogP contribution is -2.26. The number of anilines is 1. The standard InChI is InChI=1S/C21H24N6/c1-14-7-6-8-17(23-14)20-16(13-26(5)25-20)15-9-10-18-22-11-19(27(18)12-15)24-21(2,3)4/h6-13,24H,1-5H3. The zero-order chi connectivity index (χ0) is 19.2. The molecule has 0 spiro atoms. The van der Waals surface area contributed by atoms with Gasteiger partial charge in [-0.2, -0.15) is 5.10 Å². The van der Waals surface area contributed by atoms with Crippen molar-refractivity contribution in [2.45, 2.75) is 33.2 Å². The molecule has 27 heavy (non-hydrogen) atoms. The predicted octanol–water partition coefficient (Wildman–Crippen LogP) is 4.32. The van der Waals surface area contributed by atoms with Gasteiger partial charge in [0.15, 0.2) is 0 Å². The van der Waals surface area contributed by atoms with Crippen LogP contribution >= 0.6 is 0 Å². The number of imidazole rings is 1. The van der Waals surface area contributed by atoms with Crippen LogP contribution in [0.3, 0.4) is 0 Å². The molecule has 0 bridgehead atoms. The molecule has 4 heterocycles. The van der Waals surface area contributed by atoms with Gasteiger partial charge in [-0.05, 0) is 52.0 Å². The molecular formula is C21H24N6. The average Bonchev–Trinajstić information content (AvgIpc) is 3.17. The Morgan fingerprint density at radius 2 is 1.85 bits per heavy atom. The van der Waals surface area contributed by atoms with Crippen LogP contribution in [0.4, 0.5) is 5.82 Å². The largest absolute Gasteiger partial charge is 0.365 e. The SMILES string of the molecule is Cc1cccc(-c2nn(C)cc2-c2ccc3ncc(NC(C)(C)C)n3c2)n1. The lowest BCUT2D eigenvalue weighted by atomic mass is 10.1. The molecule has 138 valence electrons. The third-order valence-electron chi connectivity index (χ3n) is 4.28. The van der Waals surface area contributed by atoms with Gasteiger partial charge in [0.1, 0.15) is 17.2 Å². The highest BCUT2D eigenvalue weighted by Gasteiger charge is 2.16. The van der Waals surface area contributed by atoms with Crippen LogP contribution in [0.15, 0.2) is 48.9 Å². The molecule has 6 nitrogen and oxygen atoms in total. The van der Waals surface area contributed by atoms with E-state index in [2.05, 4.69) is 57.8 Å². The Hall–Kier alpha value is -3.15. The summed E-state index contributed by atoms with van der Waals surface area (Å²) in [7, 11) is 1.94. The molecule has 0 fully saturated rings. The highest BCUT2D eigenvalue weighted by molar-refractivity contribution is 5.79. The third-order valence-corrected chi connectivity index (χ3v) is 4.28. The highest BCUT2D eigenvalue weighted by atomic mass is 15.3. The summed E-state index contributed by atoms with van der Waals surface area (Å²) in [6.07, 6.45) is 6.01. The third kappa shape index (κ3) is 3.43. The van der Waals surface area contributed by atoms with E-state index in [1.165, 1.54) is 0 Å². The van der Waals surface area contributed by atoms with Crippen molar-refractivity contribution in [2.24, 2.45) is 7.05 Å². The van der Waals surface area contributed by atoms with E-state index < -0.39 is 0 Å². The fourth-order valence-electron chi connectivity index (χ4n) is 3.18. The normalized spacial score (nSPS) is 11.9. The summed E-state index contributed by atoms with van der Waals surface area (Å²) in [5, 5.41) is 8.17. The number of aryl methyl sites for hydroxylation is 2. The van der Waals surface area contributed by atoms with Gasteiger partial charge in [-0.25, -0.2) is 4.98 Å². The van der Waals surface area contributed by atoms with E-state index in [1.807, 2.05) is 55.3 Å². The maximum atomic E-state index is 4.66. The van der Waals surface area contributed by atoms with E-state index in [4.69, 9.17) is 0 Å². The molecule has 0 aromatic carbocycles. The highest BCUT2D eigenvalue weighted by Crippen LogP contribution is 2.31. The summed E-state index contributed by atoms with van der Waals surface area (Å²) in [5.74, 6) is 0.971. The molecule has 0 saturated carbocycles. The molecule has 0 radical (unpaired) electrons. The van der Waals surface area contributed by atoms with E-state index >= 15 is 0 Å². The maximum absolute atomic E-state index is 4.66. The van der Waals surface area contributed by atoms with E-state index in [1.54, 1.807) is 0 Å². The predicted molar refractivity (Wildman–Crippen MR) is 109 cm³/mol. The Morgan fingerprint density at radius 3 is 2.59 bits per heavy atom. The van der Waals surface area contributed by atoms with Crippen LogP contribution in [-0.2, 0) is 7.05 Å². The summed E-state index contributed by atoms with van der Waals surface area (Å²) in [4.78, 5) is 9.16. The number of nitrogens with zero attached hydrogens (tertiary/aromatic N) is 5. The summed E-state index contributed by atoms with van der Waals surface area (Å²) < 4.78 is 3.92. The first-order valence-corrected chi connectivity index (χ1v) is 9.03. The lowest BCUT2D eigenvalue weighted by Gasteiger charge is -2.21. The molecular weight excluding hydrogens is 336 g/mol. The fraction of sp³-hybridized carbons (Fsp3) is 0.286. The summed E-state index contributed by atoms with van der Waals surface area (Å²) >= 11 is 0. The van der Waals surface area contributed by atoms with E-state index in [0.717, 1.165) is 39.7 Å². The van der Waals surface area contributed by atoms with Gasteiger partial charge in [0.05, 0.1) is 11.9 Å². The van der Waals surface area contributed by atoms with Gasteiger partial charge >= 0.3 is 0 Å². The quantitative estimate of drug-likeness (QED) is 0.591. The number of aromatic nitrogens is 5. The summed E-state index contributed by atoms with van der Waals surface area (Å²) in [6.45, 7) is 8.41. The van der Waals surface area contributed by atoms with Crippen LogP contribution in [0.5, 0.6) is 0 Å². The Labute approximate surface area is 158 Å². The summed E-state index contributed by atoms with van der Waals surface area (Å²) in [5.41, 5.74) is 5.72. The van der Waals surface area contributed by atoms with Crippen LogP contribution in [0, 0.1) is 6.92 Å². The van der Waals surface area contributed by atoms with Gasteiger partial charge in [-0.3, -0.25) is 14.1 Å². The molecule has 0 saturated heterocycles. The Morgan fingerprint density at radius 1 is 1.04 bits per heavy atom. The molecule has 4 aromatic rings. The molecule has 0 aliphatic heterocycles. The van der Waals surface area contributed by atoms with E-state index in [-0.39, 0.29) is 5.54 Å². The second-order valence-electron chi connectivity index (χ2n) is 7.89. The molecule has 4 aromatic heterocycles. The number of fused-ring (bicyclic) bond motifs is 1. The van der Waals surface area contributed by atoms with E-state index in [9.17, 15) is 0 Å². The van der Waals surface area contributed by atoms with Crippen molar-refractivity contribution in [1.82, 2.24) is 24.1 Å². The number of pyridine rings is 2. The van der Waals surface area contributed by atoms with Crippen LogP contribution in [-0.4, -0.2) is 29.7 Å². The van der Waals surface area contributed by atoms with Crippen molar-refractivity contribution in [3.63, 3.8) is 0 Å². The van der Waals surface area contributed by atoms with Crippen molar-refractivity contribution >= 4 is 11.5 Å². The van der Waals surface area contributed by atoms with Gasteiger partial charge in [0, 0.05) is 41.8 Å². The molecule has 1 N–H and O–H groups in total. The Balaban J connectivity index is 1.85. The summed E-state index contributed by atoms with van der Waals surface area (Å²) in [6, 6.07) is 10.1. The van der Waals surface area contributed by atoms with Gasteiger partial charge in [0.25, 0.3) is 0 Å². The molecule has 4 rings (SSSR count). The van der Waals surface area contributed by atoms with Crippen molar-refractivity contribution in [1.29, 1.82) is 0 Å². The first-order chi connectivity index (χ1) is 12.8. The second-order valence-corrected chi connectivity index (χ2v) is 7.89. The molecule has 0 atom stereocenters. The topological polar surface area (TPSA) is 60.0 Å². The molecule has 0 aliphatic carbocycles. The van der Waals surface area contributed by atoms with Crippen molar-refractivity contribution in [2.75, 3.05) is 5.32 Å². The molecule has 0 unspecified atom stereocenters. The zero-order valence-corrected chi connectivity index (χ0v) is 16.4. The molecule has 6 heteroatoms. The van der Waals surface area contributed by atoms with Gasteiger partial charge in [-0.15, -0.1) is 0 Å². The minimum Gasteiger partial charge on any atom is -0.365 e. The van der Waals surface area contributed by atoms with Gasteiger partial charge in [0.2, 0.25) is 0 Å². The molecule has 0 amide bonds. The Bertz CT molecular complexity index is 1110. The van der Waals surface area contributed by atoms with Crippen LogP contribution in [0.25, 0.3) is 28.2 Å². The first-order valence-electron chi connectivity index (χ1n) is 9.03. The smallest absolute Gasteiger partial charge is 0.138 e. The van der Waals surface area contributed by atoms with Crippen LogP contribution in [0.1, 0.15) is 26.5 Å². The van der Waals surface area contributed by atoms with Gasteiger partial charge < -0.3 is 5.32 Å².